The minimum Gasteiger partial charge on any atom is -0.0770 e. The van der Waals surface area contributed by atoms with E-state index in [1.165, 1.54) is 69.8 Å². The number of allylic oxidation sites excluding steroid dienone is 2. The first-order chi connectivity index (χ1) is 16.1. The van der Waals surface area contributed by atoms with Crippen molar-refractivity contribution in [2.24, 2.45) is 23.7 Å². The largest absolute Gasteiger partial charge is 0.0770 e. The van der Waals surface area contributed by atoms with Gasteiger partial charge in [0.2, 0.25) is 0 Å². The number of fused-ring (bicyclic) bond motifs is 4. The van der Waals surface area contributed by atoms with E-state index in [2.05, 4.69) is 57.2 Å². The summed E-state index contributed by atoms with van der Waals surface area (Å²) in [5, 5.41) is 0. The zero-order valence-corrected chi connectivity index (χ0v) is 21.1. The highest BCUT2D eigenvalue weighted by Gasteiger charge is 2.37. The summed E-state index contributed by atoms with van der Waals surface area (Å²) >= 11 is 0. The average molecular weight is 439 g/mol. The summed E-state index contributed by atoms with van der Waals surface area (Å²) in [6, 6.07) is 12.5. The number of rotatable bonds is 4. The Kier molecular flexibility index (Phi) is 5.76. The normalized spacial score (nSPS) is 30.5. The fraction of sp³-hybridized carbons (Fsp3) is 0.576. The molecule has 2 aromatic carbocycles. The van der Waals surface area contributed by atoms with Crippen molar-refractivity contribution in [1.82, 2.24) is 0 Å². The first-order valence-electron chi connectivity index (χ1n) is 14.1. The first-order valence-corrected chi connectivity index (χ1v) is 14.1. The van der Waals surface area contributed by atoms with E-state index in [4.69, 9.17) is 0 Å². The smallest absolute Gasteiger partial charge is 0.00951 e. The molecule has 2 saturated carbocycles. The van der Waals surface area contributed by atoms with Crippen molar-refractivity contribution in [3.8, 4) is 0 Å². The molecule has 4 aliphatic carbocycles. The Bertz CT molecular complexity index is 1060. The zero-order chi connectivity index (χ0) is 22.5. The van der Waals surface area contributed by atoms with Gasteiger partial charge in [-0.05, 0) is 133 Å². The Morgan fingerprint density at radius 3 is 2.45 bits per heavy atom. The van der Waals surface area contributed by atoms with Crippen molar-refractivity contribution in [2.75, 3.05) is 0 Å². The lowest BCUT2D eigenvalue weighted by molar-refractivity contribution is 0.307. The van der Waals surface area contributed by atoms with Crippen LogP contribution in [0.5, 0.6) is 0 Å². The molecule has 0 heteroatoms. The minimum absolute atomic E-state index is 0.592. The second-order valence-corrected chi connectivity index (χ2v) is 11.9. The van der Waals surface area contributed by atoms with Crippen LogP contribution in [0.25, 0.3) is 5.57 Å². The van der Waals surface area contributed by atoms with E-state index in [-0.39, 0.29) is 0 Å². The van der Waals surface area contributed by atoms with Crippen molar-refractivity contribution < 1.29 is 0 Å². The molecular weight excluding hydrogens is 396 g/mol. The molecule has 33 heavy (non-hydrogen) atoms. The van der Waals surface area contributed by atoms with Gasteiger partial charge in [-0.15, -0.1) is 0 Å². The van der Waals surface area contributed by atoms with Crippen LogP contribution in [-0.4, -0.2) is 0 Å². The van der Waals surface area contributed by atoms with Crippen LogP contribution < -0.4 is 0 Å². The van der Waals surface area contributed by atoms with Gasteiger partial charge in [-0.3, -0.25) is 0 Å². The molecule has 0 radical (unpaired) electrons. The summed E-state index contributed by atoms with van der Waals surface area (Å²) in [5.41, 5.74) is 13.0. The number of hydrogen-bond donors (Lipinski definition) is 0. The maximum atomic E-state index is 2.71. The Morgan fingerprint density at radius 1 is 0.879 bits per heavy atom. The van der Waals surface area contributed by atoms with Gasteiger partial charge >= 0.3 is 0 Å². The lowest BCUT2D eigenvalue weighted by atomic mass is 9.70. The summed E-state index contributed by atoms with van der Waals surface area (Å²) in [6.45, 7) is 7.06. The molecule has 4 aliphatic rings. The lowest BCUT2D eigenvalue weighted by Gasteiger charge is -2.35. The molecular formula is C33H42. The van der Waals surface area contributed by atoms with Gasteiger partial charge in [-0.2, -0.15) is 0 Å². The molecule has 0 heterocycles. The lowest BCUT2D eigenvalue weighted by Crippen LogP contribution is -2.21. The highest BCUT2D eigenvalue weighted by atomic mass is 14.4. The SMILES string of the molecule is CCc1c(C)ccc2c1[C@H](c1ccc3c(c1)CC(CC)C=C3C1CC3CCC(C3)C1)CCC2. The number of aryl methyl sites for hydroxylation is 2. The molecule has 0 amide bonds. The molecule has 0 aliphatic heterocycles. The van der Waals surface area contributed by atoms with Crippen LogP contribution in [-0.2, 0) is 19.3 Å². The first kappa shape index (κ1) is 21.7. The van der Waals surface area contributed by atoms with E-state index in [1.54, 1.807) is 39.0 Å². The van der Waals surface area contributed by atoms with E-state index < -0.39 is 0 Å². The van der Waals surface area contributed by atoms with Crippen LogP contribution in [0.15, 0.2) is 36.4 Å². The zero-order valence-electron chi connectivity index (χ0n) is 21.1. The van der Waals surface area contributed by atoms with Gasteiger partial charge in [-0.1, -0.05) is 63.1 Å². The summed E-state index contributed by atoms with van der Waals surface area (Å²) in [4.78, 5) is 0. The summed E-state index contributed by atoms with van der Waals surface area (Å²) in [7, 11) is 0. The van der Waals surface area contributed by atoms with Gasteiger partial charge in [0.1, 0.15) is 0 Å². The van der Waals surface area contributed by atoms with E-state index in [0.29, 0.717) is 5.92 Å². The van der Waals surface area contributed by atoms with Crippen molar-refractivity contribution in [2.45, 2.75) is 97.3 Å². The highest BCUT2D eigenvalue weighted by Crippen LogP contribution is 2.51. The number of benzene rings is 2. The quantitative estimate of drug-likeness (QED) is 0.447. The number of hydrogen-bond acceptors (Lipinski definition) is 0. The van der Waals surface area contributed by atoms with Crippen LogP contribution in [0.1, 0.15) is 110 Å². The van der Waals surface area contributed by atoms with Crippen molar-refractivity contribution in [3.05, 3.63) is 75.4 Å². The maximum Gasteiger partial charge on any atom is 0.00951 e. The predicted molar refractivity (Wildman–Crippen MR) is 141 cm³/mol. The third-order valence-corrected chi connectivity index (χ3v) is 9.91. The Hall–Kier alpha value is -1.82. The maximum absolute atomic E-state index is 2.71. The minimum atomic E-state index is 0.592. The van der Waals surface area contributed by atoms with Crippen LogP contribution >= 0.6 is 0 Å². The standard InChI is InChI=1S/C33H42/c1-4-22-16-28-20-26(31-8-6-7-25-12-9-21(3)29(5-2)33(25)31)13-14-30(28)32(19-22)27-17-23-10-11-24(15-23)18-27/h9,12-14,19-20,22-24,27,31H,4-8,10-11,15-18H2,1-3H3/t22?,23?,24?,27?,31-/m0/s1. The molecule has 0 aromatic heterocycles. The molecule has 0 nitrogen and oxygen atoms in total. The molecule has 3 unspecified atom stereocenters. The Morgan fingerprint density at radius 2 is 1.70 bits per heavy atom. The highest BCUT2D eigenvalue weighted by molar-refractivity contribution is 5.73. The monoisotopic (exact) mass is 438 g/mol. The van der Waals surface area contributed by atoms with Crippen LogP contribution in [0.2, 0.25) is 0 Å². The molecule has 0 spiro atoms. The molecule has 2 bridgehead atoms. The summed E-state index contributed by atoms with van der Waals surface area (Å²) in [6.07, 6.45) is 17.7. The van der Waals surface area contributed by atoms with Crippen LogP contribution in [0.3, 0.4) is 0 Å². The van der Waals surface area contributed by atoms with Crippen molar-refractivity contribution in [3.63, 3.8) is 0 Å². The fourth-order valence-corrected chi connectivity index (χ4v) is 8.26. The van der Waals surface area contributed by atoms with E-state index in [0.717, 1.165) is 30.1 Å². The third kappa shape index (κ3) is 3.82. The van der Waals surface area contributed by atoms with Crippen molar-refractivity contribution in [1.29, 1.82) is 0 Å². The average Bonchev–Trinajstić information content (AvgIpc) is 3.19. The van der Waals surface area contributed by atoms with Crippen LogP contribution in [0.4, 0.5) is 0 Å². The Balaban J connectivity index is 1.38. The van der Waals surface area contributed by atoms with E-state index >= 15 is 0 Å². The second kappa shape index (κ2) is 8.75. The Labute approximate surface area is 201 Å². The molecule has 4 atom stereocenters. The fourth-order valence-electron chi connectivity index (χ4n) is 8.26. The van der Waals surface area contributed by atoms with Gasteiger partial charge in [-0.25, -0.2) is 0 Å². The van der Waals surface area contributed by atoms with Gasteiger partial charge < -0.3 is 0 Å². The van der Waals surface area contributed by atoms with Crippen molar-refractivity contribution >= 4 is 5.57 Å². The third-order valence-electron chi connectivity index (χ3n) is 9.91. The summed E-state index contributed by atoms with van der Waals surface area (Å²) < 4.78 is 0. The van der Waals surface area contributed by atoms with E-state index in [1.807, 2.05) is 0 Å². The molecule has 0 N–H and O–H groups in total. The molecule has 174 valence electrons. The van der Waals surface area contributed by atoms with Gasteiger partial charge in [0.05, 0.1) is 0 Å². The van der Waals surface area contributed by atoms with Crippen LogP contribution in [0, 0.1) is 30.6 Å². The second-order valence-electron chi connectivity index (χ2n) is 11.9. The van der Waals surface area contributed by atoms with Gasteiger partial charge in [0.15, 0.2) is 0 Å². The summed E-state index contributed by atoms with van der Waals surface area (Å²) in [5.74, 6) is 4.16. The molecule has 0 saturated heterocycles. The topological polar surface area (TPSA) is 0 Å². The molecule has 2 fully saturated rings. The van der Waals surface area contributed by atoms with E-state index in [9.17, 15) is 0 Å². The molecule has 6 rings (SSSR count). The van der Waals surface area contributed by atoms with Gasteiger partial charge in [0, 0.05) is 5.92 Å². The molecule has 2 aromatic rings. The van der Waals surface area contributed by atoms with Gasteiger partial charge in [0.25, 0.3) is 0 Å². The predicted octanol–water partition coefficient (Wildman–Crippen LogP) is 8.82.